The lowest BCUT2D eigenvalue weighted by atomic mass is 10.00. The van der Waals surface area contributed by atoms with Gasteiger partial charge in [0.25, 0.3) is 5.91 Å². The van der Waals surface area contributed by atoms with E-state index in [1.54, 1.807) is 6.92 Å². The molecule has 2 amide bonds. The topological polar surface area (TPSA) is 128 Å². The fourth-order valence-corrected chi connectivity index (χ4v) is 3.51. The van der Waals surface area contributed by atoms with Crippen LogP contribution in [0.25, 0.3) is 11.3 Å². The Balaban J connectivity index is 1.74. The van der Waals surface area contributed by atoms with Gasteiger partial charge in [-0.15, -0.1) is 0 Å². The van der Waals surface area contributed by atoms with E-state index in [0.29, 0.717) is 23.6 Å². The SMILES string of the molecule is Cc1nc(-c2ccccc2)c(C(=O)N[C@@H](CCc2ccc(OC(C)(C)C)cc2)C(O)C(N)=O)o1. The maximum atomic E-state index is 13.1. The number of primary amides is 1. The number of nitrogens with zero attached hydrogens (tertiary/aromatic N) is 1. The highest BCUT2D eigenvalue weighted by molar-refractivity contribution is 5.97. The van der Waals surface area contributed by atoms with Crippen molar-refractivity contribution in [3.63, 3.8) is 0 Å². The number of aryl methyl sites for hydroxylation is 2. The molecule has 1 unspecified atom stereocenters. The van der Waals surface area contributed by atoms with Crippen molar-refractivity contribution < 1.29 is 23.8 Å². The lowest BCUT2D eigenvalue weighted by molar-refractivity contribution is -0.127. The number of hydrogen-bond acceptors (Lipinski definition) is 6. The van der Waals surface area contributed by atoms with Crippen LogP contribution >= 0.6 is 0 Å². The highest BCUT2D eigenvalue weighted by Gasteiger charge is 2.29. The quantitative estimate of drug-likeness (QED) is 0.444. The molecule has 8 heteroatoms. The van der Waals surface area contributed by atoms with Gasteiger partial charge in [0, 0.05) is 12.5 Å². The summed E-state index contributed by atoms with van der Waals surface area (Å²) in [6, 6.07) is 15.8. The van der Waals surface area contributed by atoms with E-state index in [1.165, 1.54) is 0 Å². The van der Waals surface area contributed by atoms with Crippen molar-refractivity contribution in [3.8, 4) is 17.0 Å². The van der Waals surface area contributed by atoms with E-state index >= 15 is 0 Å². The van der Waals surface area contributed by atoms with Crippen LogP contribution in [0.1, 0.15) is 49.2 Å². The number of hydrogen-bond donors (Lipinski definition) is 3. The molecule has 0 spiro atoms. The average molecular weight is 466 g/mol. The summed E-state index contributed by atoms with van der Waals surface area (Å²) in [7, 11) is 0. The number of benzene rings is 2. The minimum Gasteiger partial charge on any atom is -0.488 e. The van der Waals surface area contributed by atoms with E-state index in [2.05, 4.69) is 10.3 Å². The third-order valence-electron chi connectivity index (χ3n) is 5.07. The monoisotopic (exact) mass is 465 g/mol. The zero-order chi connectivity index (χ0) is 24.9. The summed E-state index contributed by atoms with van der Waals surface area (Å²) in [6.45, 7) is 7.56. The van der Waals surface area contributed by atoms with E-state index < -0.39 is 24.0 Å². The first-order valence-corrected chi connectivity index (χ1v) is 11.1. The first-order chi connectivity index (χ1) is 16.0. The number of oxazole rings is 1. The van der Waals surface area contributed by atoms with Gasteiger partial charge in [-0.3, -0.25) is 9.59 Å². The lowest BCUT2D eigenvalue weighted by Gasteiger charge is -2.22. The molecule has 0 aliphatic heterocycles. The number of amides is 2. The van der Waals surface area contributed by atoms with Crippen LogP contribution in [0.3, 0.4) is 0 Å². The molecule has 180 valence electrons. The third-order valence-corrected chi connectivity index (χ3v) is 5.07. The zero-order valence-corrected chi connectivity index (χ0v) is 19.9. The Morgan fingerprint density at radius 3 is 2.35 bits per heavy atom. The predicted octanol–water partition coefficient (Wildman–Crippen LogP) is 3.40. The molecule has 2 aromatic carbocycles. The summed E-state index contributed by atoms with van der Waals surface area (Å²) in [5.41, 5.74) is 7.09. The van der Waals surface area contributed by atoms with Gasteiger partial charge in [0.05, 0.1) is 6.04 Å². The van der Waals surface area contributed by atoms with Gasteiger partial charge in [-0.25, -0.2) is 4.98 Å². The summed E-state index contributed by atoms with van der Waals surface area (Å²) >= 11 is 0. The summed E-state index contributed by atoms with van der Waals surface area (Å²) in [6.07, 6.45) is -0.786. The van der Waals surface area contributed by atoms with Gasteiger partial charge in [-0.1, -0.05) is 42.5 Å². The Morgan fingerprint density at radius 2 is 1.76 bits per heavy atom. The molecule has 0 aliphatic carbocycles. The minimum atomic E-state index is -1.56. The fraction of sp³-hybridized carbons (Fsp3) is 0.346. The molecule has 3 aromatic rings. The van der Waals surface area contributed by atoms with Crippen molar-refractivity contribution in [3.05, 3.63) is 71.8 Å². The van der Waals surface area contributed by atoms with E-state index in [0.717, 1.165) is 11.3 Å². The number of carbonyl (C=O) groups is 2. The maximum absolute atomic E-state index is 13.1. The molecule has 1 heterocycles. The Hall–Kier alpha value is -3.65. The minimum absolute atomic E-state index is 0.00838. The molecule has 3 rings (SSSR count). The van der Waals surface area contributed by atoms with Crippen molar-refractivity contribution in [2.75, 3.05) is 0 Å². The summed E-state index contributed by atoms with van der Waals surface area (Å²) in [5.74, 6) is -0.426. The molecule has 34 heavy (non-hydrogen) atoms. The van der Waals surface area contributed by atoms with Gasteiger partial charge in [0.1, 0.15) is 17.0 Å². The van der Waals surface area contributed by atoms with Crippen molar-refractivity contribution >= 4 is 11.8 Å². The number of aliphatic hydroxyl groups is 1. The van der Waals surface area contributed by atoms with Gasteiger partial charge < -0.3 is 25.3 Å². The summed E-state index contributed by atoms with van der Waals surface area (Å²) < 4.78 is 11.4. The number of rotatable bonds is 9. The first-order valence-electron chi connectivity index (χ1n) is 11.1. The molecule has 0 saturated carbocycles. The second kappa shape index (κ2) is 10.5. The van der Waals surface area contributed by atoms with Crippen LogP contribution in [0.2, 0.25) is 0 Å². The molecule has 0 aliphatic rings. The second-order valence-electron chi connectivity index (χ2n) is 9.10. The van der Waals surface area contributed by atoms with Crippen LogP contribution in [0.4, 0.5) is 0 Å². The largest absolute Gasteiger partial charge is 0.488 e. The number of aromatic nitrogens is 1. The molecule has 0 saturated heterocycles. The maximum Gasteiger partial charge on any atom is 0.289 e. The van der Waals surface area contributed by atoms with Crippen LogP contribution in [-0.4, -0.2) is 39.7 Å². The van der Waals surface area contributed by atoms with E-state index in [9.17, 15) is 14.7 Å². The number of ether oxygens (including phenoxy) is 1. The lowest BCUT2D eigenvalue weighted by Crippen LogP contribution is -2.49. The Bertz CT molecular complexity index is 1120. The van der Waals surface area contributed by atoms with E-state index in [4.69, 9.17) is 14.9 Å². The summed E-state index contributed by atoms with van der Waals surface area (Å²) in [5, 5.41) is 13.1. The standard InChI is InChI=1S/C26H31N3O5/c1-16-28-21(18-8-6-5-7-9-18)23(33-16)25(32)29-20(22(30)24(27)31)15-12-17-10-13-19(14-11-17)34-26(2,3)4/h5-11,13-14,20,22,30H,12,15H2,1-4H3,(H2,27,31)(H,29,32)/t20-,22?/m0/s1. The molecular weight excluding hydrogens is 434 g/mol. The van der Waals surface area contributed by atoms with Crippen molar-refractivity contribution in [1.29, 1.82) is 0 Å². The van der Waals surface area contributed by atoms with Gasteiger partial charge in [-0.2, -0.15) is 0 Å². The fourth-order valence-electron chi connectivity index (χ4n) is 3.51. The van der Waals surface area contributed by atoms with Crippen LogP contribution in [-0.2, 0) is 11.2 Å². The van der Waals surface area contributed by atoms with Gasteiger partial charge in [0.2, 0.25) is 11.7 Å². The van der Waals surface area contributed by atoms with Crippen LogP contribution in [0.15, 0.2) is 59.0 Å². The van der Waals surface area contributed by atoms with Crippen molar-refractivity contribution in [2.24, 2.45) is 5.73 Å². The van der Waals surface area contributed by atoms with Crippen LogP contribution < -0.4 is 15.8 Å². The Morgan fingerprint density at radius 1 is 1.12 bits per heavy atom. The van der Waals surface area contributed by atoms with Crippen LogP contribution in [0, 0.1) is 6.92 Å². The number of nitrogens with two attached hydrogens (primary N) is 1. The van der Waals surface area contributed by atoms with E-state index in [-0.39, 0.29) is 17.8 Å². The number of aliphatic hydroxyl groups excluding tert-OH is 1. The molecular formula is C26H31N3O5. The zero-order valence-electron chi connectivity index (χ0n) is 19.9. The average Bonchev–Trinajstić information content (AvgIpc) is 3.18. The third kappa shape index (κ3) is 6.68. The first kappa shape index (κ1) is 25.0. The Labute approximate surface area is 199 Å². The number of nitrogens with one attached hydrogen (secondary N) is 1. The molecule has 1 aromatic heterocycles. The molecule has 2 atom stereocenters. The highest BCUT2D eigenvalue weighted by Crippen LogP contribution is 2.24. The molecule has 0 fully saturated rings. The molecule has 0 radical (unpaired) electrons. The highest BCUT2D eigenvalue weighted by atomic mass is 16.5. The summed E-state index contributed by atoms with van der Waals surface area (Å²) in [4.78, 5) is 29.1. The van der Waals surface area contributed by atoms with Gasteiger partial charge in [-0.05, 0) is 51.3 Å². The predicted molar refractivity (Wildman–Crippen MR) is 128 cm³/mol. The van der Waals surface area contributed by atoms with Crippen molar-refractivity contribution in [1.82, 2.24) is 10.3 Å². The van der Waals surface area contributed by atoms with Gasteiger partial charge in [0.15, 0.2) is 12.0 Å². The number of carbonyl (C=O) groups excluding carboxylic acids is 2. The second-order valence-corrected chi connectivity index (χ2v) is 9.10. The molecule has 8 nitrogen and oxygen atoms in total. The molecule has 4 N–H and O–H groups in total. The Kier molecular flexibility index (Phi) is 7.73. The molecule has 0 bridgehead atoms. The van der Waals surface area contributed by atoms with Crippen molar-refractivity contribution in [2.45, 2.75) is 58.3 Å². The normalized spacial score (nSPS) is 13.2. The van der Waals surface area contributed by atoms with E-state index in [1.807, 2.05) is 75.4 Å². The van der Waals surface area contributed by atoms with Crippen LogP contribution in [0.5, 0.6) is 5.75 Å². The van der Waals surface area contributed by atoms with Gasteiger partial charge >= 0.3 is 0 Å². The smallest absolute Gasteiger partial charge is 0.289 e.